The Labute approximate surface area is 119 Å². The Bertz CT molecular complexity index is 144. The number of hydrogen-bond donors (Lipinski definition) is 2. The Hall–Kier alpha value is 2.45. The first kappa shape index (κ1) is 14.5. The van der Waals surface area contributed by atoms with Crippen LogP contribution in [-0.2, 0) is 0 Å². The van der Waals surface area contributed by atoms with Crippen molar-refractivity contribution < 1.29 is 0 Å². The fraction of sp³-hybridized carbons (Fsp3) is 1.00. The lowest BCUT2D eigenvalue weighted by Crippen LogP contribution is -2.09. The van der Waals surface area contributed by atoms with Crippen molar-refractivity contribution in [2.75, 3.05) is 5.08 Å². The topological polar surface area (TPSA) is 0 Å². The average molecular weight is 323 g/mol. The first-order valence-electron chi connectivity index (χ1n) is 4.13. The molecule has 0 spiro atoms. The molecule has 4 atom stereocenters. The van der Waals surface area contributed by atoms with E-state index < -0.39 is 0 Å². The van der Waals surface area contributed by atoms with Crippen molar-refractivity contribution in [2.45, 2.75) is 30.8 Å². The Morgan fingerprint density at radius 1 is 1.07 bits per heavy atom. The van der Waals surface area contributed by atoms with Crippen LogP contribution >= 0.6 is 84.1 Å². The third-order valence-electron chi connectivity index (χ3n) is 1.25. The molecule has 14 heavy (non-hydrogen) atoms. The highest BCUT2D eigenvalue weighted by Crippen LogP contribution is 2.52. The number of thioether (sulfide) groups is 5. The summed E-state index contributed by atoms with van der Waals surface area (Å²) in [5, 5.41) is 1.20. The molecule has 0 amide bonds. The maximum atomic E-state index is 4.42. The van der Waals surface area contributed by atoms with E-state index in [1.807, 2.05) is 58.8 Å². The minimum absolute atomic E-state index is 0.433. The molecule has 0 aliphatic carbocycles. The van der Waals surface area contributed by atoms with E-state index in [2.05, 4.69) is 39.1 Å². The van der Waals surface area contributed by atoms with Crippen molar-refractivity contribution in [1.82, 2.24) is 0 Å². The minimum Gasteiger partial charge on any atom is -0.165 e. The lowest BCUT2D eigenvalue weighted by atomic mass is 11.0. The maximum Gasteiger partial charge on any atom is 0.0994 e. The zero-order valence-electron chi connectivity index (χ0n) is 7.95. The highest BCUT2D eigenvalue weighted by atomic mass is 32.3. The highest BCUT2D eigenvalue weighted by Gasteiger charge is 2.25. The maximum absolute atomic E-state index is 4.42. The van der Waals surface area contributed by atoms with E-state index in [-0.39, 0.29) is 0 Å². The van der Waals surface area contributed by atoms with Crippen molar-refractivity contribution in [3.05, 3.63) is 0 Å². The van der Waals surface area contributed by atoms with Crippen LogP contribution in [0.25, 0.3) is 0 Å². The third kappa shape index (κ3) is 6.25. The summed E-state index contributed by atoms with van der Waals surface area (Å²) in [5.41, 5.74) is 0. The molecule has 1 aliphatic heterocycles. The van der Waals surface area contributed by atoms with Gasteiger partial charge in [-0.2, -0.15) is 25.3 Å². The molecule has 0 aromatic rings. The molecule has 1 fully saturated rings. The summed E-state index contributed by atoms with van der Waals surface area (Å²) in [6.45, 7) is 4.28. The van der Waals surface area contributed by atoms with Crippen LogP contribution in [0.5, 0.6) is 0 Å². The van der Waals surface area contributed by atoms with Gasteiger partial charge in [0.2, 0.25) is 0 Å². The molecular weight excluding hydrogens is 309 g/mol. The molecule has 1 saturated heterocycles. The van der Waals surface area contributed by atoms with E-state index in [9.17, 15) is 0 Å². The predicted octanol–water partition coefficient (Wildman–Crippen LogP) is 4.74. The van der Waals surface area contributed by atoms with E-state index in [0.717, 1.165) is 0 Å². The van der Waals surface area contributed by atoms with Gasteiger partial charge in [0.1, 0.15) is 0 Å². The Kier molecular flexibility index (Phi) is 8.00. The second kappa shape index (κ2) is 7.71. The number of hydrogen-bond acceptors (Lipinski definition) is 7. The first-order chi connectivity index (χ1) is 6.58. The van der Waals surface area contributed by atoms with Gasteiger partial charge in [-0.3, -0.25) is 0 Å². The highest BCUT2D eigenvalue weighted by molar-refractivity contribution is 8.47. The van der Waals surface area contributed by atoms with Crippen LogP contribution in [0.2, 0.25) is 0 Å². The van der Waals surface area contributed by atoms with Gasteiger partial charge in [-0.25, -0.2) is 0 Å². The minimum atomic E-state index is 0.433. The molecule has 4 unspecified atom stereocenters. The van der Waals surface area contributed by atoms with Gasteiger partial charge in [0, 0.05) is 14.2 Å². The number of thiol groups is 2. The molecule has 1 aliphatic rings. The Morgan fingerprint density at radius 3 is 1.86 bits per heavy atom. The summed E-state index contributed by atoms with van der Waals surface area (Å²) in [6.07, 6.45) is 0. The SMILES string of the molecule is CC(S)SC1SCSC(SC(C)S)S1. The van der Waals surface area contributed by atoms with Crippen molar-refractivity contribution >= 4 is 84.1 Å². The van der Waals surface area contributed by atoms with Gasteiger partial charge in [-0.05, 0) is 13.8 Å². The molecule has 0 bridgehead atoms. The fourth-order valence-corrected chi connectivity index (χ4v) is 12.5. The molecule has 0 nitrogen and oxygen atoms in total. The zero-order valence-corrected chi connectivity index (χ0v) is 13.8. The van der Waals surface area contributed by atoms with Crippen molar-refractivity contribution in [2.24, 2.45) is 0 Å². The van der Waals surface area contributed by atoms with Crippen molar-refractivity contribution in [1.29, 1.82) is 0 Å². The quantitative estimate of drug-likeness (QED) is 0.565. The second-order valence-corrected chi connectivity index (χ2v) is 13.3. The average Bonchev–Trinajstić information content (AvgIpc) is 2.01. The zero-order chi connectivity index (χ0) is 10.6. The van der Waals surface area contributed by atoms with E-state index in [0.29, 0.717) is 17.0 Å². The molecule has 1 heterocycles. The second-order valence-electron chi connectivity index (χ2n) is 2.64. The summed E-state index contributed by atoms with van der Waals surface area (Å²) in [6, 6.07) is 0. The number of rotatable bonds is 4. The summed E-state index contributed by atoms with van der Waals surface area (Å²) >= 11 is 18.8. The van der Waals surface area contributed by atoms with E-state index in [4.69, 9.17) is 0 Å². The largest absolute Gasteiger partial charge is 0.165 e. The molecule has 0 saturated carbocycles. The van der Waals surface area contributed by atoms with Crippen LogP contribution in [0.1, 0.15) is 13.8 Å². The van der Waals surface area contributed by atoms with Crippen molar-refractivity contribution in [3.63, 3.8) is 0 Å². The standard InChI is InChI=1S/C7H14S7/c1-4(8)12-6-10-3-11-7(14-6)13-5(2)9/h4-9H,3H2,1-2H3. The summed E-state index contributed by atoms with van der Waals surface area (Å²) in [7, 11) is 0. The Morgan fingerprint density at radius 2 is 1.50 bits per heavy atom. The first-order valence-corrected chi connectivity index (χ1v) is 10.1. The van der Waals surface area contributed by atoms with Gasteiger partial charge in [0.25, 0.3) is 0 Å². The summed E-state index contributed by atoms with van der Waals surface area (Å²) in [5.74, 6) is 0. The van der Waals surface area contributed by atoms with Gasteiger partial charge in [-0.1, -0.05) is 0 Å². The van der Waals surface area contributed by atoms with Gasteiger partial charge >= 0.3 is 0 Å². The van der Waals surface area contributed by atoms with Crippen LogP contribution in [0.3, 0.4) is 0 Å². The van der Waals surface area contributed by atoms with Gasteiger partial charge in [0.05, 0.1) is 7.83 Å². The molecule has 1 rings (SSSR count). The summed E-state index contributed by atoms with van der Waals surface area (Å²) in [4.78, 5) is 0. The molecule has 0 aromatic heterocycles. The molecular formula is C7H14S7. The van der Waals surface area contributed by atoms with Crippen LogP contribution in [0.15, 0.2) is 0 Å². The Balaban J connectivity index is 2.28. The van der Waals surface area contributed by atoms with Crippen LogP contribution in [0.4, 0.5) is 0 Å². The molecule has 0 aromatic carbocycles. The predicted molar refractivity (Wildman–Crippen MR) is 87.3 cm³/mol. The molecule has 0 N–H and O–H groups in total. The summed E-state index contributed by atoms with van der Waals surface area (Å²) < 4.78 is 2.16. The lowest BCUT2D eigenvalue weighted by Gasteiger charge is -2.28. The normalized spacial score (nSPS) is 32.6. The lowest BCUT2D eigenvalue weighted by molar-refractivity contribution is 1.43. The van der Waals surface area contributed by atoms with Crippen LogP contribution in [0, 0.1) is 0 Å². The smallest absolute Gasteiger partial charge is 0.0994 e. The van der Waals surface area contributed by atoms with Gasteiger partial charge in [-0.15, -0.1) is 58.8 Å². The van der Waals surface area contributed by atoms with Crippen molar-refractivity contribution in [3.8, 4) is 0 Å². The van der Waals surface area contributed by atoms with E-state index in [1.165, 1.54) is 5.08 Å². The van der Waals surface area contributed by atoms with Gasteiger partial charge < -0.3 is 0 Å². The monoisotopic (exact) mass is 322 g/mol. The van der Waals surface area contributed by atoms with Gasteiger partial charge in [0.15, 0.2) is 0 Å². The van der Waals surface area contributed by atoms with Crippen LogP contribution < -0.4 is 0 Å². The third-order valence-corrected chi connectivity index (χ3v) is 9.59. The van der Waals surface area contributed by atoms with E-state index >= 15 is 0 Å². The molecule has 7 heteroatoms. The van der Waals surface area contributed by atoms with Crippen LogP contribution in [-0.4, -0.2) is 22.1 Å². The molecule has 0 radical (unpaired) electrons. The molecule has 84 valence electrons. The van der Waals surface area contributed by atoms with E-state index in [1.54, 1.807) is 0 Å². The fourth-order valence-electron chi connectivity index (χ4n) is 0.784.